The molecule has 0 atom stereocenters. The van der Waals surface area contributed by atoms with Crippen LogP contribution in [-0.2, 0) is 5.67 Å². The second kappa shape index (κ2) is 7.46. The molecule has 0 aliphatic heterocycles. The van der Waals surface area contributed by atoms with Crippen LogP contribution in [0.5, 0.6) is 0 Å². The zero-order chi connectivity index (χ0) is 19.6. The molecule has 0 aromatic carbocycles. The van der Waals surface area contributed by atoms with Crippen molar-refractivity contribution in [2.45, 2.75) is 39.8 Å². The van der Waals surface area contributed by atoms with Crippen molar-refractivity contribution in [3.05, 3.63) is 30.4 Å². The Morgan fingerprint density at radius 1 is 1.22 bits per heavy atom. The molecule has 144 valence electrons. The number of rotatable bonds is 7. The molecule has 0 saturated heterocycles. The van der Waals surface area contributed by atoms with Crippen molar-refractivity contribution in [1.82, 2.24) is 24.7 Å². The third kappa shape index (κ3) is 3.70. The molecule has 0 radical (unpaired) electrons. The van der Waals surface area contributed by atoms with E-state index in [2.05, 4.69) is 39.0 Å². The van der Waals surface area contributed by atoms with Gasteiger partial charge in [-0.3, -0.25) is 4.98 Å². The minimum absolute atomic E-state index is 0.272. The molecular formula is C19H26FN7. The van der Waals surface area contributed by atoms with Gasteiger partial charge in [-0.2, -0.15) is 0 Å². The average molecular weight is 371 g/mol. The lowest BCUT2D eigenvalue weighted by Crippen LogP contribution is -2.24. The summed E-state index contributed by atoms with van der Waals surface area (Å²) in [5, 5.41) is 8.77. The molecule has 8 heteroatoms. The highest BCUT2D eigenvalue weighted by molar-refractivity contribution is 5.92. The highest BCUT2D eigenvalue weighted by Crippen LogP contribution is 2.30. The second-order valence-electron chi connectivity index (χ2n) is 6.89. The molecule has 0 bridgehead atoms. The predicted octanol–water partition coefficient (Wildman–Crippen LogP) is 3.69. The molecule has 0 spiro atoms. The van der Waals surface area contributed by atoms with Gasteiger partial charge in [-0.15, -0.1) is 5.10 Å². The van der Waals surface area contributed by atoms with Gasteiger partial charge in [0.25, 0.3) is 0 Å². The van der Waals surface area contributed by atoms with E-state index < -0.39 is 5.67 Å². The van der Waals surface area contributed by atoms with E-state index in [1.54, 1.807) is 10.9 Å². The highest BCUT2D eigenvalue weighted by atomic mass is 19.1. The van der Waals surface area contributed by atoms with E-state index in [1.807, 2.05) is 19.3 Å². The lowest BCUT2D eigenvalue weighted by Gasteiger charge is -2.19. The number of hydrogen-bond donors (Lipinski definition) is 1. The van der Waals surface area contributed by atoms with Gasteiger partial charge in [-0.1, -0.05) is 6.92 Å². The van der Waals surface area contributed by atoms with Crippen molar-refractivity contribution in [2.24, 2.45) is 0 Å². The van der Waals surface area contributed by atoms with Crippen molar-refractivity contribution in [1.29, 1.82) is 0 Å². The van der Waals surface area contributed by atoms with Gasteiger partial charge >= 0.3 is 0 Å². The SMILES string of the molecule is CCCN(CC)c1nn(-c2cncc(C(C)(C)F)n2)c2cc(NC)ncc12. The average Bonchev–Trinajstić information content (AvgIpc) is 3.04. The zero-order valence-corrected chi connectivity index (χ0v) is 16.5. The summed E-state index contributed by atoms with van der Waals surface area (Å²) in [5.41, 5.74) is -0.458. The van der Waals surface area contributed by atoms with Crippen LogP contribution in [0.2, 0.25) is 0 Å². The van der Waals surface area contributed by atoms with E-state index in [-0.39, 0.29) is 5.69 Å². The minimum Gasteiger partial charge on any atom is -0.373 e. The van der Waals surface area contributed by atoms with Crippen LogP contribution in [0, 0.1) is 0 Å². The summed E-state index contributed by atoms with van der Waals surface area (Å²) in [6, 6.07) is 1.92. The molecule has 0 unspecified atom stereocenters. The molecule has 27 heavy (non-hydrogen) atoms. The van der Waals surface area contributed by atoms with E-state index in [1.165, 1.54) is 20.0 Å². The summed E-state index contributed by atoms with van der Waals surface area (Å²) in [6.45, 7) is 8.89. The van der Waals surface area contributed by atoms with E-state index in [0.717, 1.165) is 42.0 Å². The Morgan fingerprint density at radius 2 is 2.00 bits per heavy atom. The Labute approximate surface area is 158 Å². The maximum Gasteiger partial charge on any atom is 0.172 e. The number of hydrogen-bond acceptors (Lipinski definition) is 6. The fourth-order valence-electron chi connectivity index (χ4n) is 2.97. The first kappa shape index (κ1) is 19.0. The van der Waals surface area contributed by atoms with Crippen LogP contribution in [0.15, 0.2) is 24.7 Å². The van der Waals surface area contributed by atoms with E-state index >= 15 is 0 Å². The molecule has 0 saturated carbocycles. The van der Waals surface area contributed by atoms with Crippen molar-refractivity contribution in [2.75, 3.05) is 30.4 Å². The van der Waals surface area contributed by atoms with Crippen molar-refractivity contribution < 1.29 is 4.39 Å². The second-order valence-corrected chi connectivity index (χ2v) is 6.89. The lowest BCUT2D eigenvalue weighted by atomic mass is 10.1. The topological polar surface area (TPSA) is 71.8 Å². The number of anilines is 2. The number of halogens is 1. The van der Waals surface area contributed by atoms with Crippen LogP contribution in [0.25, 0.3) is 16.7 Å². The molecule has 0 aliphatic rings. The Morgan fingerprint density at radius 3 is 2.63 bits per heavy atom. The van der Waals surface area contributed by atoms with Gasteiger partial charge in [0.2, 0.25) is 0 Å². The summed E-state index contributed by atoms with van der Waals surface area (Å²) >= 11 is 0. The molecule has 3 heterocycles. The maximum atomic E-state index is 14.4. The van der Waals surface area contributed by atoms with Crippen LogP contribution in [0.4, 0.5) is 16.0 Å². The molecule has 7 nitrogen and oxygen atoms in total. The van der Waals surface area contributed by atoms with Gasteiger partial charge in [-0.05, 0) is 27.2 Å². The van der Waals surface area contributed by atoms with Crippen molar-refractivity contribution in [3.63, 3.8) is 0 Å². The molecule has 3 aromatic heterocycles. The monoisotopic (exact) mass is 371 g/mol. The van der Waals surface area contributed by atoms with Crippen molar-refractivity contribution in [3.8, 4) is 5.82 Å². The summed E-state index contributed by atoms with van der Waals surface area (Å²) in [7, 11) is 1.82. The molecule has 0 aliphatic carbocycles. The number of alkyl halides is 1. The quantitative estimate of drug-likeness (QED) is 0.683. The summed E-state index contributed by atoms with van der Waals surface area (Å²) in [6.07, 6.45) is 5.87. The number of fused-ring (bicyclic) bond motifs is 1. The van der Waals surface area contributed by atoms with Crippen LogP contribution in [0.3, 0.4) is 0 Å². The number of pyridine rings is 1. The van der Waals surface area contributed by atoms with Gasteiger partial charge in [0.1, 0.15) is 11.5 Å². The first-order chi connectivity index (χ1) is 12.9. The van der Waals surface area contributed by atoms with Gasteiger partial charge in [0.15, 0.2) is 11.6 Å². The van der Waals surface area contributed by atoms with Crippen LogP contribution in [0.1, 0.15) is 39.8 Å². The van der Waals surface area contributed by atoms with E-state index in [9.17, 15) is 4.39 Å². The third-order valence-electron chi connectivity index (χ3n) is 4.42. The van der Waals surface area contributed by atoms with Crippen LogP contribution < -0.4 is 10.2 Å². The fraction of sp³-hybridized carbons (Fsp3) is 0.474. The molecular weight excluding hydrogens is 345 g/mol. The summed E-state index contributed by atoms with van der Waals surface area (Å²) in [5.74, 6) is 2.05. The Balaban J connectivity index is 2.23. The lowest BCUT2D eigenvalue weighted by molar-refractivity contribution is 0.213. The van der Waals surface area contributed by atoms with Crippen molar-refractivity contribution >= 4 is 22.5 Å². The molecule has 3 aromatic rings. The summed E-state index contributed by atoms with van der Waals surface area (Å²) in [4.78, 5) is 15.3. The largest absolute Gasteiger partial charge is 0.373 e. The van der Waals surface area contributed by atoms with Crippen LogP contribution >= 0.6 is 0 Å². The highest BCUT2D eigenvalue weighted by Gasteiger charge is 2.23. The van der Waals surface area contributed by atoms with Gasteiger partial charge in [0.05, 0.1) is 29.0 Å². The van der Waals surface area contributed by atoms with Crippen LogP contribution in [-0.4, -0.2) is 44.9 Å². The Kier molecular flexibility index (Phi) is 5.25. The normalized spacial score (nSPS) is 11.8. The zero-order valence-electron chi connectivity index (χ0n) is 16.5. The van der Waals surface area contributed by atoms with E-state index in [4.69, 9.17) is 5.10 Å². The predicted molar refractivity (Wildman–Crippen MR) is 106 cm³/mol. The fourth-order valence-corrected chi connectivity index (χ4v) is 2.97. The van der Waals surface area contributed by atoms with Gasteiger partial charge in [0, 0.05) is 32.4 Å². The van der Waals surface area contributed by atoms with Gasteiger partial charge < -0.3 is 10.2 Å². The standard InChI is InChI=1S/C19H26FN7/c1-6-8-26(7-2)18-13-10-23-16(21-5)9-14(13)27(25-18)17-12-22-11-15(24-17)19(3,4)20/h9-12H,6-8H2,1-5H3,(H,21,23). The Bertz CT molecular complexity index is 929. The molecule has 1 N–H and O–H groups in total. The first-order valence-electron chi connectivity index (χ1n) is 9.22. The summed E-state index contributed by atoms with van der Waals surface area (Å²) < 4.78 is 16.1. The number of nitrogens with one attached hydrogen (secondary N) is 1. The third-order valence-corrected chi connectivity index (χ3v) is 4.42. The van der Waals surface area contributed by atoms with E-state index in [0.29, 0.717) is 5.82 Å². The molecule has 3 rings (SSSR count). The smallest absolute Gasteiger partial charge is 0.172 e. The number of aromatic nitrogens is 5. The maximum absolute atomic E-state index is 14.4. The number of nitrogens with zero attached hydrogens (tertiary/aromatic N) is 6. The molecule has 0 fully saturated rings. The Hall–Kier alpha value is -2.77. The minimum atomic E-state index is -1.58. The van der Waals surface area contributed by atoms with Gasteiger partial charge in [-0.25, -0.2) is 19.0 Å². The molecule has 0 amide bonds. The first-order valence-corrected chi connectivity index (χ1v) is 9.22.